The van der Waals surface area contributed by atoms with Crippen molar-refractivity contribution < 1.29 is 5.11 Å². The predicted octanol–water partition coefficient (Wildman–Crippen LogP) is 2.48. The summed E-state index contributed by atoms with van der Waals surface area (Å²) in [5, 5.41) is 10.4. The van der Waals surface area contributed by atoms with Gasteiger partial charge in [-0.2, -0.15) is 0 Å². The molecule has 0 aliphatic rings. The first-order valence-electron chi connectivity index (χ1n) is 6.03. The van der Waals surface area contributed by atoms with Crippen LogP contribution in [0.25, 0.3) is 11.5 Å². The largest absolute Gasteiger partial charge is 0.369 e. The zero-order valence-electron chi connectivity index (χ0n) is 10.2. The average Bonchev–Trinajstić information content (AvgIpc) is 2.98. The van der Waals surface area contributed by atoms with Crippen LogP contribution in [-0.4, -0.2) is 19.6 Å². The molecule has 4 nitrogen and oxygen atoms in total. The lowest BCUT2D eigenvalue weighted by Crippen LogP contribution is -2.10. The minimum Gasteiger partial charge on any atom is -0.369 e. The number of aliphatic hydroxyl groups is 1. The molecule has 3 aromatic rings. The summed E-state index contributed by atoms with van der Waals surface area (Å²) < 4.78 is 1.71. The van der Waals surface area contributed by atoms with E-state index in [-0.39, 0.29) is 0 Å². The minimum absolute atomic E-state index is 0.650. The molecule has 1 unspecified atom stereocenters. The number of hydrogen-bond acceptors (Lipinski definition) is 3. The van der Waals surface area contributed by atoms with Crippen LogP contribution in [0.15, 0.2) is 67.1 Å². The van der Waals surface area contributed by atoms with E-state index in [4.69, 9.17) is 0 Å². The molecule has 0 spiro atoms. The third kappa shape index (κ3) is 2.26. The van der Waals surface area contributed by atoms with Crippen LogP contribution in [-0.2, 0) is 0 Å². The Morgan fingerprint density at radius 2 is 1.68 bits per heavy atom. The van der Waals surface area contributed by atoms with Crippen molar-refractivity contribution in [1.29, 1.82) is 0 Å². The molecule has 1 aromatic carbocycles. The van der Waals surface area contributed by atoms with Gasteiger partial charge in [0.15, 0.2) is 12.1 Å². The standard InChI is InChI=1S/C15H13N3O/c19-15(12-6-2-1-3-7-12)18-11-10-17-14(18)13-8-4-5-9-16-13/h1-11,15,19H. The van der Waals surface area contributed by atoms with Crippen molar-refractivity contribution >= 4 is 0 Å². The van der Waals surface area contributed by atoms with Gasteiger partial charge in [0.25, 0.3) is 0 Å². The summed E-state index contributed by atoms with van der Waals surface area (Å²) in [4.78, 5) is 8.54. The fourth-order valence-corrected chi connectivity index (χ4v) is 1.99. The lowest BCUT2D eigenvalue weighted by atomic mass is 10.2. The summed E-state index contributed by atoms with van der Waals surface area (Å²) in [6, 6.07) is 15.1. The third-order valence-corrected chi connectivity index (χ3v) is 2.92. The zero-order valence-corrected chi connectivity index (χ0v) is 10.2. The Balaban J connectivity index is 2.01. The third-order valence-electron chi connectivity index (χ3n) is 2.92. The highest BCUT2D eigenvalue weighted by atomic mass is 16.3. The molecule has 0 aliphatic heterocycles. The molecule has 94 valence electrons. The van der Waals surface area contributed by atoms with Crippen molar-refractivity contribution in [3.8, 4) is 11.5 Å². The molecule has 0 aliphatic carbocycles. The molecule has 2 aromatic heterocycles. The molecule has 0 saturated carbocycles. The molecular weight excluding hydrogens is 238 g/mol. The van der Waals surface area contributed by atoms with Crippen molar-refractivity contribution in [2.75, 3.05) is 0 Å². The maximum atomic E-state index is 10.4. The highest BCUT2D eigenvalue weighted by molar-refractivity contribution is 5.49. The van der Waals surface area contributed by atoms with E-state index in [2.05, 4.69) is 9.97 Å². The number of rotatable bonds is 3. The van der Waals surface area contributed by atoms with Gasteiger partial charge < -0.3 is 5.11 Å². The first kappa shape index (κ1) is 11.6. The van der Waals surface area contributed by atoms with Crippen molar-refractivity contribution in [3.63, 3.8) is 0 Å². The lowest BCUT2D eigenvalue weighted by Gasteiger charge is -2.15. The van der Waals surface area contributed by atoms with Gasteiger partial charge >= 0.3 is 0 Å². The van der Waals surface area contributed by atoms with Gasteiger partial charge in [-0.05, 0) is 12.1 Å². The van der Waals surface area contributed by atoms with Crippen LogP contribution in [0.1, 0.15) is 11.8 Å². The Hall–Kier alpha value is -2.46. The molecular formula is C15H13N3O. The number of aliphatic hydroxyl groups excluding tert-OH is 1. The van der Waals surface area contributed by atoms with Crippen molar-refractivity contribution in [3.05, 3.63) is 72.7 Å². The quantitative estimate of drug-likeness (QED) is 0.778. The van der Waals surface area contributed by atoms with Gasteiger partial charge in [0.05, 0.1) is 0 Å². The first-order valence-corrected chi connectivity index (χ1v) is 6.03. The van der Waals surface area contributed by atoms with E-state index in [9.17, 15) is 5.11 Å². The summed E-state index contributed by atoms with van der Waals surface area (Å²) in [5.74, 6) is 0.650. The Labute approximate surface area is 111 Å². The Morgan fingerprint density at radius 3 is 2.42 bits per heavy atom. The highest BCUT2D eigenvalue weighted by Gasteiger charge is 2.15. The number of aromatic nitrogens is 3. The maximum absolute atomic E-state index is 10.4. The number of imidazole rings is 1. The van der Waals surface area contributed by atoms with Crippen LogP contribution in [0.4, 0.5) is 0 Å². The van der Waals surface area contributed by atoms with Crippen molar-refractivity contribution in [2.45, 2.75) is 6.23 Å². The van der Waals surface area contributed by atoms with E-state index >= 15 is 0 Å². The molecule has 0 saturated heterocycles. The molecule has 0 radical (unpaired) electrons. The monoisotopic (exact) mass is 251 g/mol. The Morgan fingerprint density at radius 1 is 0.895 bits per heavy atom. The molecule has 2 heterocycles. The smallest absolute Gasteiger partial charge is 0.161 e. The number of hydrogen-bond donors (Lipinski definition) is 1. The van der Waals surface area contributed by atoms with E-state index in [0.717, 1.165) is 11.3 Å². The Bertz CT molecular complexity index is 649. The number of nitrogens with zero attached hydrogens (tertiary/aromatic N) is 3. The second-order valence-electron chi connectivity index (χ2n) is 4.16. The van der Waals surface area contributed by atoms with Gasteiger partial charge in [-0.15, -0.1) is 0 Å². The summed E-state index contributed by atoms with van der Waals surface area (Å²) in [6.45, 7) is 0. The first-order chi connectivity index (χ1) is 9.36. The van der Waals surface area contributed by atoms with Gasteiger partial charge in [0.2, 0.25) is 0 Å². The van der Waals surface area contributed by atoms with Crippen LogP contribution in [0, 0.1) is 0 Å². The molecule has 1 atom stereocenters. The van der Waals surface area contributed by atoms with Gasteiger partial charge in [-0.1, -0.05) is 36.4 Å². The molecule has 4 heteroatoms. The van der Waals surface area contributed by atoms with E-state index in [1.165, 1.54) is 0 Å². The van der Waals surface area contributed by atoms with Crippen LogP contribution in [0.3, 0.4) is 0 Å². The number of benzene rings is 1. The fraction of sp³-hybridized carbons (Fsp3) is 0.0667. The fourth-order valence-electron chi connectivity index (χ4n) is 1.99. The second-order valence-corrected chi connectivity index (χ2v) is 4.16. The van der Waals surface area contributed by atoms with E-state index in [1.54, 1.807) is 23.2 Å². The van der Waals surface area contributed by atoms with Crippen LogP contribution < -0.4 is 0 Å². The molecule has 3 rings (SSSR count). The summed E-state index contributed by atoms with van der Waals surface area (Å²) in [5.41, 5.74) is 1.56. The predicted molar refractivity (Wildman–Crippen MR) is 72.3 cm³/mol. The summed E-state index contributed by atoms with van der Waals surface area (Å²) in [6.07, 6.45) is 4.36. The molecule has 1 N–H and O–H groups in total. The van der Waals surface area contributed by atoms with Gasteiger partial charge in [0, 0.05) is 24.2 Å². The molecule has 0 bridgehead atoms. The van der Waals surface area contributed by atoms with E-state index < -0.39 is 6.23 Å². The van der Waals surface area contributed by atoms with E-state index in [1.807, 2.05) is 48.5 Å². The topological polar surface area (TPSA) is 50.9 Å². The highest BCUT2D eigenvalue weighted by Crippen LogP contribution is 2.22. The number of pyridine rings is 1. The average molecular weight is 251 g/mol. The van der Waals surface area contributed by atoms with Gasteiger partial charge in [0.1, 0.15) is 5.69 Å². The normalized spacial score (nSPS) is 12.3. The summed E-state index contributed by atoms with van der Waals surface area (Å²) in [7, 11) is 0. The SMILES string of the molecule is OC(c1ccccc1)n1ccnc1-c1ccccn1. The minimum atomic E-state index is -0.763. The molecule has 0 fully saturated rings. The van der Waals surface area contributed by atoms with Crippen LogP contribution in [0.2, 0.25) is 0 Å². The second kappa shape index (κ2) is 5.04. The zero-order chi connectivity index (χ0) is 13.1. The lowest BCUT2D eigenvalue weighted by molar-refractivity contribution is 0.148. The van der Waals surface area contributed by atoms with Crippen LogP contribution >= 0.6 is 0 Å². The van der Waals surface area contributed by atoms with Gasteiger partial charge in [-0.3, -0.25) is 9.55 Å². The van der Waals surface area contributed by atoms with Crippen molar-refractivity contribution in [1.82, 2.24) is 14.5 Å². The van der Waals surface area contributed by atoms with Crippen molar-refractivity contribution in [2.24, 2.45) is 0 Å². The van der Waals surface area contributed by atoms with Gasteiger partial charge in [-0.25, -0.2) is 4.98 Å². The van der Waals surface area contributed by atoms with E-state index in [0.29, 0.717) is 5.82 Å². The molecule has 19 heavy (non-hydrogen) atoms. The Kier molecular flexibility index (Phi) is 3.08. The summed E-state index contributed by atoms with van der Waals surface area (Å²) >= 11 is 0. The maximum Gasteiger partial charge on any atom is 0.161 e. The van der Waals surface area contributed by atoms with Crippen LogP contribution in [0.5, 0.6) is 0 Å². The molecule has 0 amide bonds.